The number of fused-ring (bicyclic) bond motifs is 1. The fourth-order valence-electron chi connectivity index (χ4n) is 3.21. The summed E-state index contributed by atoms with van der Waals surface area (Å²) < 4.78 is 3.17. The Morgan fingerprint density at radius 1 is 1.00 bits per heavy atom. The molecule has 0 saturated carbocycles. The predicted molar refractivity (Wildman–Crippen MR) is 104 cm³/mol. The molecule has 3 heterocycles. The van der Waals surface area contributed by atoms with E-state index in [1.54, 1.807) is 0 Å². The molecule has 4 nitrogen and oxygen atoms in total. The van der Waals surface area contributed by atoms with Crippen molar-refractivity contribution in [3.63, 3.8) is 0 Å². The van der Waals surface area contributed by atoms with Crippen molar-refractivity contribution in [2.24, 2.45) is 0 Å². The second kappa shape index (κ2) is 6.30. The van der Waals surface area contributed by atoms with Crippen LogP contribution in [0.4, 0.5) is 11.5 Å². The van der Waals surface area contributed by atoms with Crippen LogP contribution in [0.25, 0.3) is 5.65 Å². The average Bonchev–Trinajstić information content (AvgIpc) is 3.00. The molecule has 0 aliphatic carbocycles. The van der Waals surface area contributed by atoms with Crippen LogP contribution in [0.1, 0.15) is 5.56 Å². The van der Waals surface area contributed by atoms with E-state index in [0.29, 0.717) is 0 Å². The zero-order valence-electron chi connectivity index (χ0n) is 13.4. The van der Waals surface area contributed by atoms with Crippen molar-refractivity contribution in [1.82, 2.24) is 9.38 Å². The summed E-state index contributed by atoms with van der Waals surface area (Å²) in [6.45, 7) is 5.99. The van der Waals surface area contributed by atoms with Crippen molar-refractivity contribution in [3.05, 3.63) is 57.8 Å². The predicted octanol–water partition coefficient (Wildman–Crippen LogP) is 4.39. The molecule has 124 valence electrons. The van der Waals surface area contributed by atoms with Crippen LogP contribution >= 0.6 is 27.5 Å². The number of anilines is 2. The maximum Gasteiger partial charge on any atom is 0.148 e. The maximum atomic E-state index is 5.98. The highest BCUT2D eigenvalue weighted by Gasteiger charge is 2.19. The molecule has 24 heavy (non-hydrogen) atoms. The van der Waals surface area contributed by atoms with Gasteiger partial charge in [0.25, 0.3) is 0 Å². The van der Waals surface area contributed by atoms with Gasteiger partial charge in [0.1, 0.15) is 11.5 Å². The highest BCUT2D eigenvalue weighted by molar-refractivity contribution is 9.10. The van der Waals surface area contributed by atoms with Gasteiger partial charge in [0.2, 0.25) is 0 Å². The number of aryl methyl sites for hydroxylation is 1. The zero-order valence-corrected chi connectivity index (χ0v) is 15.8. The van der Waals surface area contributed by atoms with Crippen molar-refractivity contribution in [2.75, 3.05) is 36.0 Å². The van der Waals surface area contributed by atoms with Gasteiger partial charge in [0.05, 0.1) is 6.20 Å². The third-order valence-electron chi connectivity index (χ3n) is 4.48. The van der Waals surface area contributed by atoms with E-state index in [-0.39, 0.29) is 0 Å². The van der Waals surface area contributed by atoms with Crippen molar-refractivity contribution >= 4 is 44.7 Å². The molecule has 0 N–H and O–H groups in total. The molecule has 4 rings (SSSR count). The highest BCUT2D eigenvalue weighted by Crippen LogP contribution is 2.24. The quantitative estimate of drug-likeness (QED) is 0.632. The molecule has 6 heteroatoms. The largest absolute Gasteiger partial charge is 0.368 e. The van der Waals surface area contributed by atoms with E-state index >= 15 is 0 Å². The molecule has 0 radical (unpaired) electrons. The second-order valence-corrected chi connectivity index (χ2v) is 7.47. The van der Waals surface area contributed by atoms with E-state index in [2.05, 4.69) is 67.6 Å². The lowest BCUT2D eigenvalue weighted by atomic mass is 10.2. The molecule has 1 saturated heterocycles. The number of benzene rings is 1. The van der Waals surface area contributed by atoms with Gasteiger partial charge in [-0.15, -0.1) is 0 Å². The van der Waals surface area contributed by atoms with Crippen LogP contribution in [0.3, 0.4) is 0 Å². The molecule has 2 aromatic heterocycles. The summed E-state index contributed by atoms with van der Waals surface area (Å²) in [5.41, 5.74) is 3.43. The van der Waals surface area contributed by atoms with Gasteiger partial charge in [0, 0.05) is 47.6 Å². The van der Waals surface area contributed by atoms with Crippen LogP contribution in [0.2, 0.25) is 5.02 Å². The van der Waals surface area contributed by atoms with Crippen molar-refractivity contribution < 1.29 is 0 Å². The summed E-state index contributed by atoms with van der Waals surface area (Å²) >= 11 is 9.52. The molecule has 0 amide bonds. The molecular weight excluding hydrogens is 388 g/mol. The summed E-state index contributed by atoms with van der Waals surface area (Å²) in [6, 6.07) is 10.2. The molecule has 0 bridgehead atoms. The Labute approximate surface area is 154 Å². The summed E-state index contributed by atoms with van der Waals surface area (Å²) in [5.74, 6) is 1.05. The lowest BCUT2D eigenvalue weighted by Crippen LogP contribution is -2.46. The highest BCUT2D eigenvalue weighted by atomic mass is 79.9. The molecule has 1 aliphatic heterocycles. The molecule has 0 atom stereocenters. The van der Waals surface area contributed by atoms with E-state index in [9.17, 15) is 0 Å². The van der Waals surface area contributed by atoms with E-state index < -0.39 is 0 Å². The van der Waals surface area contributed by atoms with Gasteiger partial charge in [-0.3, -0.25) is 0 Å². The molecule has 1 fully saturated rings. The van der Waals surface area contributed by atoms with E-state index in [4.69, 9.17) is 16.6 Å². The van der Waals surface area contributed by atoms with Gasteiger partial charge in [-0.2, -0.15) is 0 Å². The minimum atomic E-state index is 0.781. The number of halogens is 2. The van der Waals surface area contributed by atoms with Crippen molar-refractivity contribution in [1.29, 1.82) is 0 Å². The monoisotopic (exact) mass is 404 g/mol. The SMILES string of the molecule is Cc1cc(Br)cn2cc(N3CCN(c4ccc(Cl)cc4)CC3)nc12. The van der Waals surface area contributed by atoms with Crippen LogP contribution in [-0.4, -0.2) is 35.6 Å². The average molecular weight is 406 g/mol. The molecule has 3 aromatic rings. The summed E-state index contributed by atoms with van der Waals surface area (Å²) in [7, 11) is 0. The Hall–Kier alpha value is -1.72. The second-order valence-electron chi connectivity index (χ2n) is 6.12. The normalized spacial score (nSPS) is 15.3. The fraction of sp³-hybridized carbons (Fsp3) is 0.278. The van der Waals surface area contributed by atoms with Gasteiger partial charge >= 0.3 is 0 Å². The Morgan fingerprint density at radius 3 is 2.38 bits per heavy atom. The van der Waals surface area contributed by atoms with Crippen molar-refractivity contribution in [3.8, 4) is 0 Å². The molecule has 1 aromatic carbocycles. The first-order valence-electron chi connectivity index (χ1n) is 8.00. The van der Waals surface area contributed by atoms with Gasteiger partial charge < -0.3 is 14.2 Å². The number of rotatable bonds is 2. The Balaban J connectivity index is 1.51. The minimum absolute atomic E-state index is 0.781. The maximum absolute atomic E-state index is 5.98. The van der Waals surface area contributed by atoms with Crippen LogP contribution in [0, 0.1) is 6.92 Å². The lowest BCUT2D eigenvalue weighted by Gasteiger charge is -2.36. The first kappa shape index (κ1) is 15.8. The van der Waals surface area contributed by atoms with E-state index in [1.807, 2.05) is 12.1 Å². The third-order valence-corrected chi connectivity index (χ3v) is 5.17. The number of imidazole rings is 1. The Bertz CT molecular complexity index is 867. The first-order chi connectivity index (χ1) is 11.6. The Kier molecular flexibility index (Phi) is 4.14. The topological polar surface area (TPSA) is 23.8 Å². The molecule has 0 spiro atoms. The summed E-state index contributed by atoms with van der Waals surface area (Å²) in [5, 5.41) is 0.781. The number of aromatic nitrogens is 2. The third kappa shape index (κ3) is 2.98. The van der Waals surface area contributed by atoms with E-state index in [0.717, 1.165) is 47.1 Å². The van der Waals surface area contributed by atoms with Gasteiger partial charge in [-0.25, -0.2) is 4.98 Å². The summed E-state index contributed by atoms with van der Waals surface area (Å²) in [4.78, 5) is 9.57. The minimum Gasteiger partial charge on any atom is -0.368 e. The molecule has 0 unspecified atom stereocenters. The van der Waals surface area contributed by atoms with Crippen LogP contribution in [-0.2, 0) is 0 Å². The van der Waals surface area contributed by atoms with Gasteiger partial charge in [0.15, 0.2) is 0 Å². The zero-order chi connectivity index (χ0) is 16.7. The lowest BCUT2D eigenvalue weighted by molar-refractivity contribution is 0.649. The fourth-order valence-corrected chi connectivity index (χ4v) is 3.90. The smallest absolute Gasteiger partial charge is 0.148 e. The first-order valence-corrected chi connectivity index (χ1v) is 9.17. The van der Waals surface area contributed by atoms with Gasteiger partial charge in [-0.1, -0.05) is 11.6 Å². The molecule has 1 aliphatic rings. The Morgan fingerprint density at radius 2 is 1.67 bits per heavy atom. The summed E-state index contributed by atoms with van der Waals surface area (Å²) in [6.07, 6.45) is 4.17. The van der Waals surface area contributed by atoms with E-state index in [1.165, 1.54) is 11.3 Å². The number of piperazine rings is 1. The van der Waals surface area contributed by atoms with Crippen LogP contribution < -0.4 is 9.80 Å². The molecular formula is C18H18BrClN4. The van der Waals surface area contributed by atoms with Gasteiger partial charge in [-0.05, 0) is 58.7 Å². The number of nitrogens with zero attached hydrogens (tertiary/aromatic N) is 4. The number of pyridine rings is 1. The number of hydrogen-bond acceptors (Lipinski definition) is 3. The van der Waals surface area contributed by atoms with Crippen LogP contribution in [0.5, 0.6) is 0 Å². The standard InChI is InChI=1S/C18H18BrClN4/c1-13-10-14(19)11-24-12-17(21-18(13)24)23-8-6-22(7-9-23)16-4-2-15(20)3-5-16/h2-5,10-12H,6-9H2,1H3. The van der Waals surface area contributed by atoms with Crippen LogP contribution in [0.15, 0.2) is 47.2 Å². The number of hydrogen-bond donors (Lipinski definition) is 0. The van der Waals surface area contributed by atoms with Crippen molar-refractivity contribution in [2.45, 2.75) is 6.92 Å².